The predicted octanol–water partition coefficient (Wildman–Crippen LogP) is 12.0. The second-order valence-electron chi connectivity index (χ2n) is 6.40. The first kappa shape index (κ1) is 45.6. The SMILES string of the molecule is C1CC1.C1CC1.CC.CC.CC.CC.CC.CC.CCC(C)CC(C)(C)C. The molecule has 176 valence electrons. The highest BCUT2D eigenvalue weighted by molar-refractivity contribution is 4.64. The van der Waals surface area contributed by atoms with Crippen LogP contribution in [0, 0.1) is 11.3 Å². The fraction of sp³-hybridized carbons (Fsp3) is 1.00. The maximum absolute atomic E-state index is 2.32. The third-order valence-corrected chi connectivity index (χ3v) is 2.36. The van der Waals surface area contributed by atoms with E-state index in [1.807, 2.05) is 83.1 Å². The van der Waals surface area contributed by atoms with E-state index in [4.69, 9.17) is 0 Å². The van der Waals surface area contributed by atoms with Gasteiger partial charge in [0, 0.05) is 0 Å². The lowest BCUT2D eigenvalue weighted by molar-refractivity contribution is 0.302. The highest BCUT2D eigenvalue weighted by Crippen LogP contribution is 2.25. The minimum atomic E-state index is 0.523. The average molecular weight is 393 g/mol. The first-order chi connectivity index (χ1) is 13.0. The first-order valence-electron chi connectivity index (χ1n) is 13.0. The van der Waals surface area contributed by atoms with Gasteiger partial charge in [0.15, 0.2) is 0 Å². The van der Waals surface area contributed by atoms with Gasteiger partial charge in [-0.25, -0.2) is 0 Å². The van der Waals surface area contributed by atoms with Crippen LogP contribution in [0.15, 0.2) is 0 Å². The van der Waals surface area contributed by atoms with E-state index in [9.17, 15) is 0 Å². The highest BCUT2D eigenvalue weighted by Gasteiger charge is 2.13. The molecule has 2 saturated carbocycles. The number of hydrogen-bond donors (Lipinski definition) is 0. The van der Waals surface area contributed by atoms with Gasteiger partial charge in [0.05, 0.1) is 0 Å². The molecule has 2 rings (SSSR count). The van der Waals surface area contributed by atoms with Gasteiger partial charge in [-0.2, -0.15) is 0 Å². The van der Waals surface area contributed by atoms with E-state index in [0.29, 0.717) is 5.41 Å². The van der Waals surface area contributed by atoms with Gasteiger partial charge in [-0.05, 0) is 17.8 Å². The average Bonchev–Trinajstić information content (AvgIpc) is 3.61. The summed E-state index contributed by atoms with van der Waals surface area (Å²) in [6.07, 6.45) is 11.7. The van der Waals surface area contributed by atoms with Crippen LogP contribution in [0.2, 0.25) is 0 Å². The van der Waals surface area contributed by atoms with Crippen molar-refractivity contribution in [2.75, 3.05) is 0 Å². The van der Waals surface area contributed by atoms with Gasteiger partial charge in [-0.3, -0.25) is 0 Å². The van der Waals surface area contributed by atoms with Gasteiger partial charge >= 0.3 is 0 Å². The van der Waals surface area contributed by atoms with E-state index in [1.165, 1.54) is 51.4 Å². The van der Waals surface area contributed by atoms with Gasteiger partial charge in [0.1, 0.15) is 0 Å². The molecule has 0 radical (unpaired) electrons. The van der Waals surface area contributed by atoms with Crippen LogP contribution in [0.3, 0.4) is 0 Å². The molecule has 0 saturated heterocycles. The van der Waals surface area contributed by atoms with Crippen molar-refractivity contribution in [2.24, 2.45) is 11.3 Å². The largest absolute Gasteiger partial charge is 0.0683 e. The molecule has 0 heterocycles. The molecule has 0 amide bonds. The second kappa shape index (κ2) is 56.2. The maximum atomic E-state index is 2.32. The zero-order chi connectivity index (χ0) is 23.7. The molecular formula is C27H68. The summed E-state index contributed by atoms with van der Waals surface area (Å²) < 4.78 is 0. The van der Waals surface area contributed by atoms with Gasteiger partial charge in [-0.15, -0.1) is 0 Å². The Morgan fingerprint density at radius 3 is 0.741 bits per heavy atom. The van der Waals surface area contributed by atoms with Crippen LogP contribution in [-0.2, 0) is 0 Å². The molecule has 2 aliphatic rings. The summed E-state index contributed by atoms with van der Waals surface area (Å²) in [5.74, 6) is 0.894. The second-order valence-corrected chi connectivity index (χ2v) is 6.40. The molecule has 0 heteroatoms. The Balaban J connectivity index is -0.0000000374. The third-order valence-electron chi connectivity index (χ3n) is 2.36. The molecule has 0 aromatic heterocycles. The Morgan fingerprint density at radius 2 is 0.704 bits per heavy atom. The van der Waals surface area contributed by atoms with Crippen molar-refractivity contribution in [3.8, 4) is 0 Å². The molecule has 2 aliphatic carbocycles. The van der Waals surface area contributed by atoms with Crippen molar-refractivity contribution in [3.63, 3.8) is 0 Å². The standard InChI is InChI=1S/C9H20.2C3H6.6C2H6/c1-6-8(2)7-9(3,4)5;2*1-2-3-1;6*1-2/h8H,6-7H2,1-5H3;2*1-3H2;6*1-2H3. The summed E-state index contributed by atoms with van der Waals surface area (Å²) in [5, 5.41) is 0. The molecule has 0 spiro atoms. The van der Waals surface area contributed by atoms with Gasteiger partial charge in [-0.1, -0.05) is 163 Å². The van der Waals surface area contributed by atoms with Gasteiger partial charge in [0.25, 0.3) is 0 Å². The van der Waals surface area contributed by atoms with Crippen molar-refractivity contribution >= 4 is 0 Å². The molecule has 0 aromatic rings. The molecule has 2 fully saturated rings. The molecule has 0 bridgehead atoms. The molecule has 1 unspecified atom stereocenters. The Bertz CT molecular complexity index is 114. The van der Waals surface area contributed by atoms with Crippen LogP contribution in [-0.4, -0.2) is 0 Å². The molecule has 0 aromatic carbocycles. The molecule has 1 atom stereocenters. The van der Waals surface area contributed by atoms with Crippen molar-refractivity contribution < 1.29 is 0 Å². The molecular weight excluding hydrogens is 324 g/mol. The zero-order valence-corrected chi connectivity index (χ0v) is 23.7. The van der Waals surface area contributed by atoms with E-state index in [1.54, 1.807) is 0 Å². The van der Waals surface area contributed by atoms with Crippen molar-refractivity contribution in [2.45, 2.75) is 169 Å². The van der Waals surface area contributed by atoms with Gasteiger partial charge in [0.2, 0.25) is 0 Å². The summed E-state index contributed by atoms with van der Waals surface area (Å²) in [4.78, 5) is 0. The molecule has 27 heavy (non-hydrogen) atoms. The number of rotatable bonds is 2. The third kappa shape index (κ3) is 185. The van der Waals surface area contributed by atoms with E-state index in [0.717, 1.165) is 5.92 Å². The summed E-state index contributed by atoms with van der Waals surface area (Å²) in [7, 11) is 0. The quantitative estimate of drug-likeness (QED) is 0.438. The minimum absolute atomic E-state index is 0.523. The van der Waals surface area contributed by atoms with Crippen molar-refractivity contribution in [1.29, 1.82) is 0 Å². The Kier molecular flexibility index (Phi) is 95.0. The van der Waals surface area contributed by atoms with E-state index in [-0.39, 0.29) is 0 Å². The smallest absolute Gasteiger partial charge is 0.0380 e. The molecule has 0 aliphatic heterocycles. The summed E-state index contributed by atoms with van der Waals surface area (Å²) in [6.45, 7) is 35.5. The fourth-order valence-electron chi connectivity index (χ4n) is 1.19. The maximum Gasteiger partial charge on any atom is -0.0380 e. The predicted molar refractivity (Wildman–Crippen MR) is 139 cm³/mol. The topological polar surface area (TPSA) is 0 Å². The number of hydrogen-bond acceptors (Lipinski definition) is 0. The van der Waals surface area contributed by atoms with Crippen molar-refractivity contribution in [1.82, 2.24) is 0 Å². The Morgan fingerprint density at radius 1 is 0.519 bits per heavy atom. The van der Waals surface area contributed by atoms with E-state index in [2.05, 4.69) is 34.6 Å². The van der Waals surface area contributed by atoms with Crippen LogP contribution < -0.4 is 0 Å². The van der Waals surface area contributed by atoms with Crippen LogP contribution in [0.25, 0.3) is 0 Å². The van der Waals surface area contributed by atoms with Crippen LogP contribution in [0.4, 0.5) is 0 Å². The summed E-state index contributed by atoms with van der Waals surface area (Å²) in [5.41, 5.74) is 0.523. The lowest BCUT2D eigenvalue weighted by atomic mass is 9.84. The van der Waals surface area contributed by atoms with E-state index < -0.39 is 0 Å². The fourth-order valence-corrected chi connectivity index (χ4v) is 1.19. The van der Waals surface area contributed by atoms with E-state index >= 15 is 0 Å². The zero-order valence-electron chi connectivity index (χ0n) is 23.7. The Labute approximate surface area is 180 Å². The Hall–Kier alpha value is 0. The lowest BCUT2D eigenvalue weighted by Gasteiger charge is -2.21. The lowest BCUT2D eigenvalue weighted by Crippen LogP contribution is -2.09. The van der Waals surface area contributed by atoms with Crippen LogP contribution >= 0.6 is 0 Å². The first-order valence-corrected chi connectivity index (χ1v) is 13.0. The van der Waals surface area contributed by atoms with Crippen LogP contribution in [0.5, 0.6) is 0 Å². The molecule has 0 nitrogen and oxygen atoms in total. The van der Waals surface area contributed by atoms with Gasteiger partial charge < -0.3 is 0 Å². The minimum Gasteiger partial charge on any atom is -0.0683 e. The highest BCUT2D eigenvalue weighted by atomic mass is 14.2. The monoisotopic (exact) mass is 393 g/mol. The summed E-state index contributed by atoms with van der Waals surface area (Å²) in [6, 6.07) is 0. The van der Waals surface area contributed by atoms with Crippen LogP contribution in [0.1, 0.15) is 169 Å². The van der Waals surface area contributed by atoms with Crippen molar-refractivity contribution in [3.05, 3.63) is 0 Å². The summed E-state index contributed by atoms with van der Waals surface area (Å²) >= 11 is 0. The molecule has 0 N–H and O–H groups in total. The normalized spacial score (nSPS) is 11.9.